The van der Waals surface area contributed by atoms with Crippen LogP contribution in [0.1, 0.15) is 5.56 Å². The number of nitrogens with zero attached hydrogens (tertiary/aromatic N) is 2. The van der Waals surface area contributed by atoms with E-state index in [1.807, 2.05) is 36.2 Å². The molecular weight excluding hydrogens is 278 g/mol. The largest absolute Gasteiger partial charge is 0.347 e. The third-order valence-electron chi connectivity index (χ3n) is 2.75. The molecule has 0 aliphatic heterocycles. The van der Waals surface area contributed by atoms with Crippen LogP contribution in [0, 0.1) is 0 Å². The lowest BCUT2D eigenvalue weighted by Crippen LogP contribution is -2.40. The fourth-order valence-corrected chi connectivity index (χ4v) is 1.80. The smallest absolute Gasteiger partial charge is 0.241 e. The molecule has 0 saturated carbocycles. The van der Waals surface area contributed by atoms with Crippen LogP contribution >= 0.6 is 11.6 Å². The van der Waals surface area contributed by atoms with Crippen molar-refractivity contribution in [1.29, 1.82) is 0 Å². The molecule has 1 aromatic carbocycles. The Morgan fingerprint density at radius 1 is 1.20 bits per heavy atom. The van der Waals surface area contributed by atoms with Gasteiger partial charge in [0.25, 0.3) is 0 Å². The van der Waals surface area contributed by atoms with E-state index in [4.69, 9.17) is 11.6 Å². The lowest BCUT2D eigenvalue weighted by Gasteiger charge is -2.17. The topological polar surface area (TPSA) is 52.7 Å². The van der Waals surface area contributed by atoms with Gasteiger partial charge in [0.2, 0.25) is 11.8 Å². The van der Waals surface area contributed by atoms with Crippen molar-refractivity contribution < 1.29 is 9.59 Å². The molecule has 0 unspecified atom stereocenters. The van der Waals surface area contributed by atoms with E-state index in [9.17, 15) is 9.59 Å². The van der Waals surface area contributed by atoms with Crippen molar-refractivity contribution in [2.75, 3.05) is 34.2 Å². The normalized spacial score (nSPS) is 10.4. The van der Waals surface area contributed by atoms with Crippen molar-refractivity contribution in [2.24, 2.45) is 0 Å². The summed E-state index contributed by atoms with van der Waals surface area (Å²) in [5.74, 6) is -0.318. The van der Waals surface area contributed by atoms with Gasteiger partial charge in [-0.25, -0.2) is 0 Å². The Balaban J connectivity index is 2.39. The minimum Gasteiger partial charge on any atom is -0.347 e. The van der Waals surface area contributed by atoms with Crippen LogP contribution in [0.2, 0.25) is 5.02 Å². The number of halogens is 1. The Hall–Kier alpha value is -1.59. The van der Waals surface area contributed by atoms with Crippen molar-refractivity contribution >= 4 is 23.4 Å². The number of carbonyl (C=O) groups excluding carboxylic acids is 2. The van der Waals surface area contributed by atoms with Crippen molar-refractivity contribution in [2.45, 2.75) is 6.54 Å². The fourth-order valence-electron chi connectivity index (χ4n) is 1.61. The second kappa shape index (κ2) is 7.87. The molecule has 6 heteroatoms. The number of amides is 2. The predicted molar refractivity (Wildman–Crippen MR) is 79.5 cm³/mol. The molecule has 0 aliphatic carbocycles. The van der Waals surface area contributed by atoms with Gasteiger partial charge in [-0.2, -0.15) is 0 Å². The first-order valence-corrected chi connectivity index (χ1v) is 6.66. The highest BCUT2D eigenvalue weighted by Crippen LogP contribution is 2.16. The minimum absolute atomic E-state index is 0.0196. The first-order valence-electron chi connectivity index (χ1n) is 6.29. The molecule has 1 aromatic rings. The number of benzene rings is 1. The molecule has 1 rings (SSSR count). The van der Waals surface area contributed by atoms with E-state index in [-0.39, 0.29) is 24.9 Å². The van der Waals surface area contributed by atoms with Crippen LogP contribution < -0.4 is 5.32 Å². The van der Waals surface area contributed by atoms with Crippen LogP contribution in [-0.2, 0) is 16.1 Å². The summed E-state index contributed by atoms with van der Waals surface area (Å²) in [5, 5.41) is 3.27. The second-order valence-electron chi connectivity index (χ2n) is 4.83. The SMILES string of the molecule is CN(CC(=O)NCC(=O)N(C)C)Cc1ccccc1Cl. The maximum atomic E-state index is 11.7. The Kier molecular flexibility index (Phi) is 6.48. The first kappa shape index (κ1) is 16.5. The summed E-state index contributed by atoms with van der Waals surface area (Å²) in [4.78, 5) is 26.3. The van der Waals surface area contributed by atoms with Gasteiger partial charge >= 0.3 is 0 Å². The van der Waals surface area contributed by atoms with Gasteiger partial charge in [0, 0.05) is 25.7 Å². The maximum absolute atomic E-state index is 11.7. The third kappa shape index (κ3) is 5.59. The van der Waals surface area contributed by atoms with Crippen LogP contribution in [0.15, 0.2) is 24.3 Å². The standard InChI is InChI=1S/C14H20ClN3O2/c1-17(2)14(20)8-16-13(19)10-18(3)9-11-6-4-5-7-12(11)15/h4-7H,8-10H2,1-3H3,(H,16,19). The van der Waals surface area contributed by atoms with Crippen molar-refractivity contribution in [3.05, 3.63) is 34.9 Å². The van der Waals surface area contributed by atoms with E-state index in [0.717, 1.165) is 5.56 Å². The van der Waals surface area contributed by atoms with Crippen molar-refractivity contribution in [3.63, 3.8) is 0 Å². The van der Waals surface area contributed by atoms with Gasteiger partial charge in [-0.3, -0.25) is 14.5 Å². The summed E-state index contributed by atoms with van der Waals surface area (Å²) < 4.78 is 0. The Morgan fingerprint density at radius 3 is 2.45 bits per heavy atom. The average molecular weight is 298 g/mol. The molecule has 2 amide bonds. The quantitative estimate of drug-likeness (QED) is 0.851. The Bertz CT molecular complexity index is 477. The summed E-state index contributed by atoms with van der Waals surface area (Å²) >= 11 is 6.07. The highest BCUT2D eigenvalue weighted by molar-refractivity contribution is 6.31. The van der Waals surface area contributed by atoms with Gasteiger partial charge in [0.1, 0.15) is 0 Å². The van der Waals surface area contributed by atoms with Gasteiger partial charge in [-0.15, -0.1) is 0 Å². The minimum atomic E-state index is -0.185. The molecule has 0 atom stereocenters. The van der Waals surface area contributed by atoms with Crippen LogP contribution in [0.5, 0.6) is 0 Å². The summed E-state index contributed by atoms with van der Waals surface area (Å²) in [6.07, 6.45) is 0. The van der Waals surface area contributed by atoms with E-state index in [1.165, 1.54) is 4.90 Å². The summed E-state index contributed by atoms with van der Waals surface area (Å²) in [5.41, 5.74) is 0.967. The fraction of sp³-hybridized carbons (Fsp3) is 0.429. The molecule has 5 nitrogen and oxygen atoms in total. The highest BCUT2D eigenvalue weighted by atomic mass is 35.5. The number of rotatable bonds is 6. The van der Waals surface area contributed by atoms with Gasteiger partial charge in [0.05, 0.1) is 13.1 Å². The van der Waals surface area contributed by atoms with E-state index in [0.29, 0.717) is 11.6 Å². The zero-order valence-electron chi connectivity index (χ0n) is 12.0. The molecule has 0 fully saturated rings. The third-order valence-corrected chi connectivity index (χ3v) is 3.12. The molecule has 1 N–H and O–H groups in total. The number of hydrogen-bond donors (Lipinski definition) is 1. The summed E-state index contributed by atoms with van der Waals surface area (Å²) in [6.45, 7) is 0.812. The average Bonchev–Trinajstić information content (AvgIpc) is 2.38. The maximum Gasteiger partial charge on any atom is 0.241 e. The molecular formula is C14H20ClN3O2. The van der Waals surface area contributed by atoms with E-state index >= 15 is 0 Å². The van der Waals surface area contributed by atoms with E-state index in [1.54, 1.807) is 14.1 Å². The molecule has 0 spiro atoms. The Labute approximate surface area is 124 Å². The number of likely N-dealkylation sites (N-methyl/N-ethyl adjacent to an activating group) is 2. The second-order valence-corrected chi connectivity index (χ2v) is 5.24. The molecule has 0 saturated heterocycles. The van der Waals surface area contributed by atoms with Crippen LogP contribution in [-0.4, -0.2) is 55.8 Å². The molecule has 0 heterocycles. The van der Waals surface area contributed by atoms with Crippen molar-refractivity contribution in [3.8, 4) is 0 Å². The Morgan fingerprint density at radius 2 is 1.85 bits per heavy atom. The highest BCUT2D eigenvalue weighted by Gasteiger charge is 2.10. The monoisotopic (exact) mass is 297 g/mol. The molecule has 0 bridgehead atoms. The van der Waals surface area contributed by atoms with Crippen LogP contribution in [0.3, 0.4) is 0 Å². The molecule has 0 aromatic heterocycles. The van der Waals surface area contributed by atoms with E-state index < -0.39 is 0 Å². The summed E-state index contributed by atoms with van der Waals surface area (Å²) in [6, 6.07) is 7.52. The van der Waals surface area contributed by atoms with Gasteiger partial charge in [-0.05, 0) is 18.7 Å². The van der Waals surface area contributed by atoms with Crippen LogP contribution in [0.25, 0.3) is 0 Å². The molecule has 0 aliphatic rings. The lowest BCUT2D eigenvalue weighted by molar-refractivity contribution is -0.131. The molecule has 20 heavy (non-hydrogen) atoms. The molecule has 0 radical (unpaired) electrons. The predicted octanol–water partition coefficient (Wildman–Crippen LogP) is 0.976. The number of nitrogens with one attached hydrogen (secondary N) is 1. The first-order chi connectivity index (χ1) is 9.40. The van der Waals surface area contributed by atoms with Crippen molar-refractivity contribution in [1.82, 2.24) is 15.1 Å². The number of carbonyl (C=O) groups is 2. The zero-order valence-corrected chi connectivity index (χ0v) is 12.8. The molecule has 110 valence electrons. The zero-order chi connectivity index (χ0) is 15.1. The van der Waals surface area contributed by atoms with Gasteiger partial charge in [-0.1, -0.05) is 29.8 Å². The lowest BCUT2D eigenvalue weighted by atomic mass is 10.2. The number of hydrogen-bond acceptors (Lipinski definition) is 3. The van der Waals surface area contributed by atoms with Gasteiger partial charge < -0.3 is 10.2 Å². The van der Waals surface area contributed by atoms with Crippen LogP contribution in [0.4, 0.5) is 0 Å². The van der Waals surface area contributed by atoms with Gasteiger partial charge in [0.15, 0.2) is 0 Å². The van der Waals surface area contributed by atoms with E-state index in [2.05, 4.69) is 5.32 Å². The summed E-state index contributed by atoms with van der Waals surface area (Å²) in [7, 11) is 5.13.